The normalized spacial score (nSPS) is 11.7. The summed E-state index contributed by atoms with van der Waals surface area (Å²) in [5.41, 5.74) is 4.30. The van der Waals surface area contributed by atoms with Crippen molar-refractivity contribution in [2.45, 2.75) is 40.8 Å². The van der Waals surface area contributed by atoms with Gasteiger partial charge in [0, 0.05) is 25.0 Å². The van der Waals surface area contributed by atoms with Crippen molar-refractivity contribution < 1.29 is 0 Å². The standard InChI is InChI=1S/C20H23N5O2/c1-6-23-13(3)14(4)25-16-17(21-19(23)25)22(5)20(27)24(18(16)26)11-15-9-7-12(2)8-10-15/h7-10H,6,11H2,1-5H3. The number of benzene rings is 1. The van der Waals surface area contributed by atoms with E-state index in [0.29, 0.717) is 16.9 Å². The lowest BCUT2D eigenvalue weighted by atomic mass is 10.1. The van der Waals surface area contributed by atoms with Crippen LogP contribution in [-0.4, -0.2) is 23.1 Å². The van der Waals surface area contributed by atoms with Crippen LogP contribution in [0.5, 0.6) is 0 Å². The lowest BCUT2D eigenvalue weighted by molar-refractivity contribution is 0.656. The van der Waals surface area contributed by atoms with Crippen molar-refractivity contribution in [3.63, 3.8) is 0 Å². The summed E-state index contributed by atoms with van der Waals surface area (Å²) < 4.78 is 6.69. The molecule has 0 bridgehead atoms. The van der Waals surface area contributed by atoms with Crippen LogP contribution < -0.4 is 11.2 Å². The van der Waals surface area contributed by atoms with Gasteiger partial charge in [0.1, 0.15) is 0 Å². The lowest BCUT2D eigenvalue weighted by Gasteiger charge is -2.09. The fraction of sp³-hybridized carbons (Fsp3) is 0.350. The van der Waals surface area contributed by atoms with Crippen LogP contribution >= 0.6 is 0 Å². The summed E-state index contributed by atoms with van der Waals surface area (Å²) in [6.45, 7) is 9.03. The van der Waals surface area contributed by atoms with Gasteiger partial charge in [-0.2, -0.15) is 4.98 Å². The minimum absolute atomic E-state index is 0.238. The maximum Gasteiger partial charge on any atom is 0.332 e. The predicted octanol–water partition coefficient (Wildman–Crippen LogP) is 2.14. The van der Waals surface area contributed by atoms with E-state index in [1.807, 2.05) is 56.4 Å². The molecule has 0 aliphatic rings. The van der Waals surface area contributed by atoms with Crippen molar-refractivity contribution >= 4 is 16.9 Å². The first-order chi connectivity index (χ1) is 12.8. The van der Waals surface area contributed by atoms with Crippen LogP contribution in [0.3, 0.4) is 0 Å². The monoisotopic (exact) mass is 365 g/mol. The Bertz CT molecular complexity index is 1300. The van der Waals surface area contributed by atoms with Crippen LogP contribution in [0.1, 0.15) is 29.4 Å². The summed E-state index contributed by atoms with van der Waals surface area (Å²) in [7, 11) is 1.67. The number of hydrogen-bond donors (Lipinski definition) is 0. The molecule has 4 aromatic rings. The van der Waals surface area contributed by atoms with Gasteiger partial charge >= 0.3 is 5.69 Å². The highest BCUT2D eigenvalue weighted by Gasteiger charge is 2.22. The zero-order valence-electron chi connectivity index (χ0n) is 16.3. The first kappa shape index (κ1) is 17.3. The van der Waals surface area contributed by atoms with Gasteiger partial charge < -0.3 is 4.57 Å². The molecule has 27 heavy (non-hydrogen) atoms. The van der Waals surface area contributed by atoms with Gasteiger partial charge in [-0.05, 0) is 33.3 Å². The fourth-order valence-electron chi connectivity index (χ4n) is 3.71. The van der Waals surface area contributed by atoms with E-state index in [-0.39, 0.29) is 17.8 Å². The first-order valence-corrected chi connectivity index (χ1v) is 9.08. The molecule has 7 nitrogen and oxygen atoms in total. The molecule has 0 radical (unpaired) electrons. The van der Waals surface area contributed by atoms with E-state index in [1.54, 1.807) is 7.05 Å². The average molecular weight is 365 g/mol. The summed E-state index contributed by atoms with van der Waals surface area (Å²) in [5, 5.41) is 0. The summed E-state index contributed by atoms with van der Waals surface area (Å²) in [6, 6.07) is 7.85. The third kappa shape index (κ3) is 2.38. The van der Waals surface area contributed by atoms with Gasteiger partial charge in [-0.15, -0.1) is 0 Å². The smallest absolute Gasteiger partial charge is 0.314 e. The SMILES string of the molecule is CCn1c(C)c(C)n2c3c(=O)n(Cc4ccc(C)cc4)c(=O)n(C)c3nc12. The van der Waals surface area contributed by atoms with Gasteiger partial charge in [-0.3, -0.25) is 18.3 Å². The molecule has 0 amide bonds. The van der Waals surface area contributed by atoms with Gasteiger partial charge in [0.15, 0.2) is 11.2 Å². The summed E-state index contributed by atoms with van der Waals surface area (Å²) in [5.74, 6) is 0.697. The highest BCUT2D eigenvalue weighted by Crippen LogP contribution is 2.20. The Morgan fingerprint density at radius 2 is 1.63 bits per heavy atom. The lowest BCUT2D eigenvalue weighted by Crippen LogP contribution is -2.39. The van der Waals surface area contributed by atoms with Crippen LogP contribution in [0, 0.1) is 20.8 Å². The predicted molar refractivity (Wildman–Crippen MR) is 106 cm³/mol. The van der Waals surface area contributed by atoms with Crippen LogP contribution in [0.15, 0.2) is 33.9 Å². The maximum atomic E-state index is 13.3. The molecule has 4 rings (SSSR count). The van der Waals surface area contributed by atoms with E-state index < -0.39 is 0 Å². The zero-order chi connectivity index (χ0) is 19.5. The molecule has 0 atom stereocenters. The number of fused-ring (bicyclic) bond motifs is 3. The van der Waals surface area contributed by atoms with E-state index in [2.05, 4.69) is 9.55 Å². The van der Waals surface area contributed by atoms with Crippen molar-refractivity contribution in [1.29, 1.82) is 0 Å². The summed E-state index contributed by atoms with van der Waals surface area (Å²) in [4.78, 5) is 30.8. The Hall–Kier alpha value is -3.09. The molecule has 140 valence electrons. The van der Waals surface area contributed by atoms with Gasteiger partial charge in [0.25, 0.3) is 5.56 Å². The van der Waals surface area contributed by atoms with E-state index >= 15 is 0 Å². The van der Waals surface area contributed by atoms with E-state index in [1.165, 1.54) is 9.13 Å². The number of imidazole rings is 2. The van der Waals surface area contributed by atoms with Gasteiger partial charge in [-0.25, -0.2) is 4.79 Å². The van der Waals surface area contributed by atoms with Crippen molar-refractivity contribution in [2.24, 2.45) is 7.05 Å². The number of aromatic nitrogens is 5. The molecule has 0 N–H and O–H groups in total. The minimum Gasteiger partial charge on any atom is -0.314 e. The molecule has 0 saturated carbocycles. The fourth-order valence-corrected chi connectivity index (χ4v) is 3.71. The molecule has 0 unspecified atom stereocenters. The third-order valence-corrected chi connectivity index (χ3v) is 5.41. The van der Waals surface area contributed by atoms with E-state index in [0.717, 1.165) is 29.1 Å². The topological polar surface area (TPSA) is 66.2 Å². The highest BCUT2D eigenvalue weighted by atomic mass is 16.2. The van der Waals surface area contributed by atoms with Gasteiger partial charge in [0.2, 0.25) is 5.78 Å². The Balaban J connectivity index is 2.06. The molecule has 3 heterocycles. The molecule has 0 aliphatic heterocycles. The molecular weight excluding hydrogens is 342 g/mol. The van der Waals surface area contributed by atoms with Crippen LogP contribution in [0.4, 0.5) is 0 Å². The molecule has 0 saturated heterocycles. The second-order valence-corrected chi connectivity index (χ2v) is 7.05. The van der Waals surface area contributed by atoms with Crippen molar-refractivity contribution in [1.82, 2.24) is 23.1 Å². The minimum atomic E-state index is -0.355. The third-order valence-electron chi connectivity index (χ3n) is 5.41. The summed E-state index contributed by atoms with van der Waals surface area (Å²) in [6.07, 6.45) is 0. The molecule has 0 aliphatic carbocycles. The van der Waals surface area contributed by atoms with Crippen LogP contribution in [0.2, 0.25) is 0 Å². The summed E-state index contributed by atoms with van der Waals surface area (Å²) >= 11 is 0. The first-order valence-electron chi connectivity index (χ1n) is 9.08. The molecule has 1 aromatic carbocycles. The Morgan fingerprint density at radius 3 is 2.26 bits per heavy atom. The van der Waals surface area contributed by atoms with Gasteiger partial charge in [0.05, 0.1) is 6.54 Å². The van der Waals surface area contributed by atoms with Crippen molar-refractivity contribution in [3.05, 3.63) is 67.6 Å². The molecule has 0 spiro atoms. The highest BCUT2D eigenvalue weighted by molar-refractivity contribution is 5.76. The average Bonchev–Trinajstić information content (AvgIpc) is 3.14. The number of aryl methyl sites for hydroxylation is 4. The van der Waals surface area contributed by atoms with E-state index in [4.69, 9.17) is 0 Å². The van der Waals surface area contributed by atoms with E-state index in [9.17, 15) is 9.59 Å². The second-order valence-electron chi connectivity index (χ2n) is 7.05. The second kappa shape index (κ2) is 5.97. The number of nitrogens with zero attached hydrogens (tertiary/aromatic N) is 5. The van der Waals surface area contributed by atoms with Gasteiger partial charge in [-0.1, -0.05) is 29.8 Å². The largest absolute Gasteiger partial charge is 0.332 e. The zero-order valence-corrected chi connectivity index (χ0v) is 16.3. The number of rotatable bonds is 3. The van der Waals surface area contributed by atoms with Crippen molar-refractivity contribution in [2.75, 3.05) is 0 Å². The van der Waals surface area contributed by atoms with Crippen molar-refractivity contribution in [3.8, 4) is 0 Å². The Labute approximate surface area is 156 Å². The quantitative estimate of drug-likeness (QED) is 0.559. The maximum absolute atomic E-state index is 13.3. The molecule has 7 heteroatoms. The van der Waals surface area contributed by atoms with Crippen LogP contribution in [0.25, 0.3) is 16.9 Å². The van der Waals surface area contributed by atoms with Crippen LogP contribution in [-0.2, 0) is 20.1 Å². The Morgan fingerprint density at radius 1 is 0.963 bits per heavy atom. The Kier molecular flexibility index (Phi) is 3.83. The molecule has 0 fully saturated rings. The number of hydrogen-bond acceptors (Lipinski definition) is 3. The molecule has 3 aromatic heterocycles. The molecular formula is C20H23N5O2.